The second kappa shape index (κ2) is 4.77. The molecule has 0 aliphatic rings. The third kappa shape index (κ3) is 2.21. The van der Waals surface area contributed by atoms with Crippen molar-refractivity contribution in [1.29, 1.82) is 0 Å². The van der Waals surface area contributed by atoms with E-state index in [9.17, 15) is 0 Å². The van der Waals surface area contributed by atoms with Gasteiger partial charge >= 0.3 is 0 Å². The van der Waals surface area contributed by atoms with Crippen LogP contribution in [0.5, 0.6) is 0 Å². The summed E-state index contributed by atoms with van der Waals surface area (Å²) in [4.78, 5) is 8.97. The minimum absolute atomic E-state index is 0.790. The number of hydrogen-bond acceptors (Lipinski definition) is 3. The van der Waals surface area contributed by atoms with Crippen LogP contribution in [0.2, 0.25) is 0 Å². The average Bonchev–Trinajstić information content (AvgIpc) is 2.35. The lowest BCUT2D eigenvalue weighted by Crippen LogP contribution is -2.02. The van der Waals surface area contributed by atoms with Gasteiger partial charge in [0.05, 0.1) is 5.69 Å². The molecule has 2 aromatic rings. The molecule has 1 heterocycles. The van der Waals surface area contributed by atoms with Gasteiger partial charge in [0.2, 0.25) is 0 Å². The zero-order chi connectivity index (χ0) is 13.3. The van der Waals surface area contributed by atoms with Gasteiger partial charge < -0.3 is 5.32 Å². The largest absolute Gasteiger partial charge is 0.373 e. The minimum Gasteiger partial charge on any atom is -0.373 e. The Hall–Kier alpha value is -1.90. The Morgan fingerprint density at radius 2 is 1.67 bits per heavy atom. The van der Waals surface area contributed by atoms with Gasteiger partial charge in [-0.2, -0.15) is 0 Å². The molecule has 0 aliphatic heterocycles. The molecule has 2 rings (SSSR count). The molecule has 3 nitrogen and oxygen atoms in total. The molecule has 0 unspecified atom stereocenters. The van der Waals surface area contributed by atoms with E-state index in [4.69, 9.17) is 0 Å². The van der Waals surface area contributed by atoms with Gasteiger partial charge in [0.1, 0.15) is 11.6 Å². The third-order valence-corrected chi connectivity index (χ3v) is 3.27. The molecule has 0 bridgehead atoms. The fourth-order valence-corrected chi connectivity index (χ4v) is 2.04. The Kier molecular flexibility index (Phi) is 3.32. The molecule has 94 valence electrons. The van der Waals surface area contributed by atoms with Crippen LogP contribution < -0.4 is 5.32 Å². The highest BCUT2D eigenvalue weighted by atomic mass is 15.0. The fourth-order valence-electron chi connectivity index (χ4n) is 2.04. The summed E-state index contributed by atoms with van der Waals surface area (Å²) in [5.41, 5.74) is 5.84. The summed E-state index contributed by atoms with van der Waals surface area (Å²) in [7, 11) is 1.89. The van der Waals surface area contributed by atoms with Crippen LogP contribution in [0.1, 0.15) is 22.5 Å². The zero-order valence-corrected chi connectivity index (χ0v) is 11.6. The molecular weight excluding hydrogens is 222 g/mol. The Labute approximate surface area is 108 Å². The summed E-state index contributed by atoms with van der Waals surface area (Å²) in [6.07, 6.45) is 0. The van der Waals surface area contributed by atoms with E-state index in [1.807, 2.05) is 14.0 Å². The summed E-state index contributed by atoms with van der Waals surface area (Å²) >= 11 is 0. The number of anilines is 1. The number of aromatic nitrogens is 2. The second-order valence-electron chi connectivity index (χ2n) is 4.64. The van der Waals surface area contributed by atoms with Crippen molar-refractivity contribution in [2.24, 2.45) is 0 Å². The summed E-state index contributed by atoms with van der Waals surface area (Å²) in [5, 5.41) is 3.12. The van der Waals surface area contributed by atoms with Crippen LogP contribution in [0.3, 0.4) is 0 Å². The number of aryl methyl sites for hydroxylation is 3. The molecule has 1 N–H and O–H groups in total. The van der Waals surface area contributed by atoms with Crippen molar-refractivity contribution in [2.45, 2.75) is 27.7 Å². The van der Waals surface area contributed by atoms with Crippen molar-refractivity contribution >= 4 is 5.82 Å². The molecule has 0 amide bonds. The zero-order valence-electron chi connectivity index (χ0n) is 11.6. The van der Waals surface area contributed by atoms with E-state index in [-0.39, 0.29) is 0 Å². The first-order valence-electron chi connectivity index (χ1n) is 6.13. The monoisotopic (exact) mass is 241 g/mol. The molecule has 0 fully saturated rings. The van der Waals surface area contributed by atoms with Crippen LogP contribution in [0.25, 0.3) is 11.3 Å². The Balaban J connectivity index is 2.63. The first-order chi connectivity index (χ1) is 8.52. The molecule has 0 saturated carbocycles. The van der Waals surface area contributed by atoms with E-state index in [0.29, 0.717) is 0 Å². The molecule has 0 radical (unpaired) electrons. The first kappa shape index (κ1) is 12.6. The lowest BCUT2D eigenvalue weighted by molar-refractivity contribution is 1.04. The predicted octanol–water partition coefficient (Wildman–Crippen LogP) is 3.42. The highest BCUT2D eigenvalue weighted by Gasteiger charge is 2.10. The smallest absolute Gasteiger partial charge is 0.132 e. The van der Waals surface area contributed by atoms with Crippen LogP contribution in [0, 0.1) is 27.7 Å². The summed E-state index contributed by atoms with van der Waals surface area (Å²) in [5.74, 6) is 1.69. The number of benzene rings is 1. The van der Waals surface area contributed by atoms with Crippen molar-refractivity contribution in [3.05, 3.63) is 40.7 Å². The Morgan fingerprint density at radius 1 is 0.944 bits per heavy atom. The Bertz CT molecular complexity index is 589. The lowest BCUT2D eigenvalue weighted by Gasteiger charge is -2.12. The quantitative estimate of drug-likeness (QED) is 0.875. The summed E-state index contributed by atoms with van der Waals surface area (Å²) < 4.78 is 0. The van der Waals surface area contributed by atoms with Crippen LogP contribution >= 0.6 is 0 Å². The van der Waals surface area contributed by atoms with Crippen LogP contribution in [-0.2, 0) is 0 Å². The first-order valence-corrected chi connectivity index (χ1v) is 6.13. The Morgan fingerprint density at radius 3 is 2.28 bits per heavy atom. The van der Waals surface area contributed by atoms with Gasteiger partial charge in [0.25, 0.3) is 0 Å². The average molecular weight is 241 g/mol. The van der Waals surface area contributed by atoms with Gasteiger partial charge in [-0.1, -0.05) is 12.1 Å². The highest BCUT2D eigenvalue weighted by molar-refractivity contribution is 5.69. The maximum Gasteiger partial charge on any atom is 0.132 e. The topological polar surface area (TPSA) is 37.8 Å². The number of nitrogens with one attached hydrogen (secondary N) is 1. The lowest BCUT2D eigenvalue weighted by atomic mass is 10.0. The SMILES string of the molecule is CNc1nc(C)nc(-c2ccc(C)c(C)c2)c1C. The van der Waals surface area contributed by atoms with Gasteiger partial charge in [0.15, 0.2) is 0 Å². The molecule has 1 aromatic heterocycles. The normalized spacial score (nSPS) is 10.5. The van der Waals surface area contributed by atoms with E-state index in [2.05, 4.69) is 54.3 Å². The van der Waals surface area contributed by atoms with E-state index in [0.717, 1.165) is 28.5 Å². The fraction of sp³-hybridized carbons (Fsp3) is 0.333. The van der Waals surface area contributed by atoms with Gasteiger partial charge in [-0.15, -0.1) is 0 Å². The predicted molar refractivity (Wildman–Crippen MR) is 76.0 cm³/mol. The maximum atomic E-state index is 4.57. The van der Waals surface area contributed by atoms with Crippen molar-refractivity contribution in [3.8, 4) is 11.3 Å². The third-order valence-electron chi connectivity index (χ3n) is 3.27. The second-order valence-corrected chi connectivity index (χ2v) is 4.64. The molecular formula is C15H19N3. The van der Waals surface area contributed by atoms with Crippen molar-refractivity contribution in [2.75, 3.05) is 12.4 Å². The molecule has 0 spiro atoms. The van der Waals surface area contributed by atoms with E-state index >= 15 is 0 Å². The molecule has 0 saturated heterocycles. The van der Waals surface area contributed by atoms with E-state index in [1.54, 1.807) is 0 Å². The maximum absolute atomic E-state index is 4.57. The van der Waals surface area contributed by atoms with Crippen LogP contribution in [0.15, 0.2) is 18.2 Å². The minimum atomic E-state index is 0.790. The number of hydrogen-bond donors (Lipinski definition) is 1. The van der Waals surface area contributed by atoms with E-state index in [1.165, 1.54) is 11.1 Å². The van der Waals surface area contributed by atoms with Crippen molar-refractivity contribution in [1.82, 2.24) is 9.97 Å². The standard InChI is InChI=1S/C15H19N3/c1-9-6-7-13(8-10(9)2)14-11(3)15(16-5)18-12(4)17-14/h6-8H,1-5H3,(H,16,17,18). The van der Waals surface area contributed by atoms with Crippen LogP contribution in [0.4, 0.5) is 5.82 Å². The van der Waals surface area contributed by atoms with Crippen molar-refractivity contribution < 1.29 is 0 Å². The summed E-state index contributed by atoms with van der Waals surface area (Å²) in [6.45, 7) is 8.22. The van der Waals surface area contributed by atoms with Gasteiger partial charge in [-0.25, -0.2) is 9.97 Å². The molecule has 0 atom stereocenters. The van der Waals surface area contributed by atoms with Gasteiger partial charge in [-0.3, -0.25) is 0 Å². The van der Waals surface area contributed by atoms with Crippen molar-refractivity contribution in [3.63, 3.8) is 0 Å². The van der Waals surface area contributed by atoms with Gasteiger partial charge in [0, 0.05) is 18.2 Å². The van der Waals surface area contributed by atoms with Crippen LogP contribution in [-0.4, -0.2) is 17.0 Å². The molecule has 0 aliphatic carbocycles. The molecule has 3 heteroatoms. The molecule has 18 heavy (non-hydrogen) atoms. The van der Waals surface area contributed by atoms with Gasteiger partial charge in [-0.05, 0) is 44.9 Å². The highest BCUT2D eigenvalue weighted by Crippen LogP contribution is 2.26. The summed E-state index contributed by atoms with van der Waals surface area (Å²) in [6, 6.07) is 6.45. The number of rotatable bonds is 2. The number of nitrogens with zero attached hydrogens (tertiary/aromatic N) is 2. The van der Waals surface area contributed by atoms with E-state index < -0.39 is 0 Å². The molecule has 1 aromatic carbocycles.